The van der Waals surface area contributed by atoms with E-state index in [1.807, 2.05) is 6.92 Å². The quantitative estimate of drug-likeness (QED) is 0.804. The van der Waals surface area contributed by atoms with Crippen LogP contribution in [0.4, 0.5) is 5.69 Å². The number of aryl methyl sites for hydroxylation is 1. The number of anilines is 1. The van der Waals surface area contributed by atoms with Gasteiger partial charge in [-0.3, -0.25) is 4.79 Å². The number of rotatable bonds is 4. The molecule has 0 saturated carbocycles. The smallest absolute Gasteiger partial charge is 0.243 e. The topological polar surface area (TPSA) is 84.9 Å². The van der Waals surface area contributed by atoms with Gasteiger partial charge in [-0.1, -0.05) is 24.1 Å². The molecule has 1 atom stereocenters. The molecule has 2 heterocycles. The van der Waals surface area contributed by atoms with Gasteiger partial charge in [-0.15, -0.1) is 0 Å². The first-order chi connectivity index (χ1) is 14.4. The second kappa shape index (κ2) is 8.65. The summed E-state index contributed by atoms with van der Waals surface area (Å²) in [6.45, 7) is 3.38. The molecule has 1 amide bonds. The highest BCUT2D eigenvalue weighted by Gasteiger charge is 2.37. The molecule has 2 aliphatic heterocycles. The molecule has 160 valence electrons. The number of carbonyl (C=O) groups is 1. The van der Waals surface area contributed by atoms with Crippen molar-refractivity contribution in [2.45, 2.75) is 43.5 Å². The van der Waals surface area contributed by atoms with E-state index < -0.39 is 16.1 Å². The van der Waals surface area contributed by atoms with Crippen LogP contribution in [0.15, 0.2) is 47.4 Å². The molecule has 7 nitrogen and oxygen atoms in total. The van der Waals surface area contributed by atoms with E-state index in [0.717, 1.165) is 24.8 Å². The minimum Gasteiger partial charge on any atom is -0.490 e. The van der Waals surface area contributed by atoms with Gasteiger partial charge in [-0.25, -0.2) is 8.42 Å². The van der Waals surface area contributed by atoms with Crippen molar-refractivity contribution in [2.24, 2.45) is 0 Å². The Morgan fingerprint density at radius 1 is 1.00 bits per heavy atom. The Bertz CT molecular complexity index is 1020. The first-order valence-electron chi connectivity index (χ1n) is 10.2. The number of hydrogen-bond acceptors (Lipinski definition) is 5. The van der Waals surface area contributed by atoms with Gasteiger partial charge in [0.2, 0.25) is 15.9 Å². The van der Waals surface area contributed by atoms with E-state index in [2.05, 4.69) is 5.32 Å². The fraction of sp³-hybridized carbons (Fsp3) is 0.409. The first kappa shape index (κ1) is 20.7. The standard InChI is InChI=1S/C22H26N2O5S/c1-16-6-9-18(10-7-16)30(26,27)24-12-3-2-5-19(24)22(25)23-17-8-11-20-21(15-17)29-14-4-13-28-20/h6-11,15,19H,2-5,12-14H2,1H3,(H,23,25)/t19-/m1/s1. The molecule has 2 aromatic carbocycles. The van der Waals surface area contributed by atoms with E-state index in [9.17, 15) is 13.2 Å². The third kappa shape index (κ3) is 4.29. The minimum atomic E-state index is -3.76. The zero-order valence-corrected chi connectivity index (χ0v) is 17.8. The predicted molar refractivity (Wildman–Crippen MR) is 113 cm³/mol. The molecular weight excluding hydrogens is 404 g/mol. The molecular formula is C22H26N2O5S. The SMILES string of the molecule is Cc1ccc(S(=O)(=O)N2CCCC[C@@H]2C(=O)Nc2ccc3c(c2)OCCCO3)cc1. The number of hydrogen-bond donors (Lipinski definition) is 1. The van der Waals surface area contributed by atoms with Crippen LogP contribution in [-0.2, 0) is 14.8 Å². The van der Waals surface area contributed by atoms with Crippen LogP contribution >= 0.6 is 0 Å². The molecule has 2 aliphatic rings. The number of fused-ring (bicyclic) bond motifs is 1. The van der Waals surface area contributed by atoms with Crippen LogP contribution in [0.3, 0.4) is 0 Å². The summed E-state index contributed by atoms with van der Waals surface area (Å²) >= 11 is 0. The van der Waals surface area contributed by atoms with Crippen molar-refractivity contribution in [3.8, 4) is 11.5 Å². The first-order valence-corrected chi connectivity index (χ1v) is 11.7. The molecule has 0 radical (unpaired) electrons. The highest BCUT2D eigenvalue weighted by molar-refractivity contribution is 7.89. The summed E-state index contributed by atoms with van der Waals surface area (Å²) in [6.07, 6.45) is 2.82. The number of nitrogens with one attached hydrogen (secondary N) is 1. The third-order valence-corrected chi connectivity index (χ3v) is 7.32. The van der Waals surface area contributed by atoms with E-state index in [4.69, 9.17) is 9.47 Å². The highest BCUT2D eigenvalue weighted by atomic mass is 32.2. The molecule has 4 rings (SSSR count). The molecule has 0 aliphatic carbocycles. The van der Waals surface area contributed by atoms with Gasteiger partial charge >= 0.3 is 0 Å². The summed E-state index contributed by atoms with van der Waals surface area (Å²) in [5.41, 5.74) is 1.54. The van der Waals surface area contributed by atoms with Crippen molar-refractivity contribution in [2.75, 3.05) is 25.1 Å². The van der Waals surface area contributed by atoms with Crippen molar-refractivity contribution >= 4 is 21.6 Å². The molecule has 30 heavy (non-hydrogen) atoms. The molecule has 0 spiro atoms. The van der Waals surface area contributed by atoms with Gasteiger partial charge in [0.05, 0.1) is 18.1 Å². The Morgan fingerprint density at radius 2 is 1.73 bits per heavy atom. The van der Waals surface area contributed by atoms with Gasteiger partial charge in [0.15, 0.2) is 11.5 Å². The van der Waals surface area contributed by atoms with Crippen molar-refractivity contribution in [1.82, 2.24) is 4.31 Å². The average molecular weight is 431 g/mol. The molecule has 0 aromatic heterocycles. The fourth-order valence-electron chi connectivity index (χ4n) is 3.77. The number of piperidine rings is 1. The highest BCUT2D eigenvalue weighted by Crippen LogP contribution is 2.33. The van der Waals surface area contributed by atoms with E-state index in [1.165, 1.54) is 4.31 Å². The number of nitrogens with zero attached hydrogens (tertiary/aromatic N) is 1. The van der Waals surface area contributed by atoms with Gasteiger partial charge < -0.3 is 14.8 Å². The Labute approximate surface area is 177 Å². The van der Waals surface area contributed by atoms with Crippen LogP contribution in [0.5, 0.6) is 11.5 Å². The van der Waals surface area contributed by atoms with E-state index >= 15 is 0 Å². The summed E-state index contributed by atoms with van der Waals surface area (Å²) in [4.78, 5) is 13.3. The van der Waals surface area contributed by atoms with Crippen molar-refractivity contribution in [3.05, 3.63) is 48.0 Å². The van der Waals surface area contributed by atoms with Crippen molar-refractivity contribution in [3.63, 3.8) is 0 Å². The van der Waals surface area contributed by atoms with E-state index in [0.29, 0.717) is 43.4 Å². The molecule has 0 unspecified atom stereocenters. The van der Waals surface area contributed by atoms with Crippen LogP contribution in [-0.4, -0.2) is 44.4 Å². The summed E-state index contributed by atoms with van der Waals surface area (Å²) in [5, 5.41) is 2.86. The summed E-state index contributed by atoms with van der Waals surface area (Å²) in [6, 6.07) is 11.2. The lowest BCUT2D eigenvalue weighted by molar-refractivity contribution is -0.120. The van der Waals surface area contributed by atoms with Crippen molar-refractivity contribution in [1.29, 1.82) is 0 Å². The average Bonchev–Trinajstić information content (AvgIpc) is 2.99. The monoisotopic (exact) mass is 430 g/mol. The lowest BCUT2D eigenvalue weighted by Crippen LogP contribution is -2.49. The summed E-state index contributed by atoms with van der Waals surface area (Å²) in [5.74, 6) is 0.893. The Hall–Kier alpha value is -2.58. The largest absolute Gasteiger partial charge is 0.490 e. The van der Waals surface area contributed by atoms with Gasteiger partial charge in [0.25, 0.3) is 0 Å². The van der Waals surface area contributed by atoms with Gasteiger partial charge in [0, 0.05) is 24.7 Å². The van der Waals surface area contributed by atoms with E-state index in [1.54, 1.807) is 42.5 Å². The van der Waals surface area contributed by atoms with Gasteiger partial charge in [-0.05, 0) is 44.0 Å². The molecule has 1 fully saturated rings. The fourth-order valence-corrected chi connectivity index (χ4v) is 5.42. The zero-order chi connectivity index (χ0) is 21.1. The molecule has 1 saturated heterocycles. The lowest BCUT2D eigenvalue weighted by atomic mass is 10.0. The number of amides is 1. The number of ether oxygens (including phenoxy) is 2. The molecule has 0 bridgehead atoms. The second-order valence-electron chi connectivity index (χ2n) is 7.64. The Balaban J connectivity index is 1.55. The van der Waals surface area contributed by atoms with Crippen LogP contribution in [0.25, 0.3) is 0 Å². The minimum absolute atomic E-state index is 0.211. The lowest BCUT2D eigenvalue weighted by Gasteiger charge is -2.33. The van der Waals surface area contributed by atoms with Crippen LogP contribution in [0.2, 0.25) is 0 Å². The van der Waals surface area contributed by atoms with Crippen LogP contribution < -0.4 is 14.8 Å². The maximum atomic E-state index is 13.2. The third-order valence-electron chi connectivity index (χ3n) is 5.40. The summed E-state index contributed by atoms with van der Waals surface area (Å²) in [7, 11) is -3.76. The zero-order valence-electron chi connectivity index (χ0n) is 17.0. The Morgan fingerprint density at radius 3 is 2.50 bits per heavy atom. The molecule has 8 heteroatoms. The number of carbonyl (C=O) groups excluding carboxylic acids is 1. The van der Waals surface area contributed by atoms with Gasteiger partial charge in [-0.2, -0.15) is 4.31 Å². The molecule has 2 aromatic rings. The number of benzene rings is 2. The van der Waals surface area contributed by atoms with Crippen LogP contribution in [0, 0.1) is 6.92 Å². The van der Waals surface area contributed by atoms with Gasteiger partial charge in [0.1, 0.15) is 6.04 Å². The Kier molecular flexibility index (Phi) is 5.97. The summed E-state index contributed by atoms with van der Waals surface area (Å²) < 4.78 is 39.0. The predicted octanol–water partition coefficient (Wildman–Crippen LogP) is 3.34. The number of sulfonamides is 1. The van der Waals surface area contributed by atoms with E-state index in [-0.39, 0.29) is 10.8 Å². The maximum absolute atomic E-state index is 13.2. The van der Waals surface area contributed by atoms with Crippen LogP contribution in [0.1, 0.15) is 31.2 Å². The van der Waals surface area contributed by atoms with Crippen molar-refractivity contribution < 1.29 is 22.7 Å². The molecule has 1 N–H and O–H groups in total. The maximum Gasteiger partial charge on any atom is 0.243 e. The second-order valence-corrected chi connectivity index (χ2v) is 9.53. The normalized spacial score (nSPS) is 19.7.